The lowest BCUT2D eigenvalue weighted by Gasteiger charge is -2.36. The molecule has 1 saturated carbocycles. The molecule has 0 spiro atoms. The maximum Gasteiger partial charge on any atom is 0.309 e. The van der Waals surface area contributed by atoms with E-state index in [2.05, 4.69) is 20.8 Å². The number of aliphatic carboxylic acids is 1. The van der Waals surface area contributed by atoms with Crippen LogP contribution in [-0.4, -0.2) is 48.8 Å². The fraction of sp³-hybridized carbons (Fsp3) is 0.900. The fourth-order valence-corrected chi connectivity index (χ4v) is 6.81. The van der Waals surface area contributed by atoms with Crippen molar-refractivity contribution in [1.29, 1.82) is 0 Å². The first kappa shape index (κ1) is 43.9. The molecule has 1 rings (SSSR count). The summed E-state index contributed by atoms with van der Waals surface area (Å²) in [4.78, 5) is 52.2. The minimum absolute atomic E-state index is 0.0823. The minimum atomic E-state index is -1.16. The number of hydrogen-bond donors (Lipinski definition) is 1. The van der Waals surface area contributed by atoms with Crippen LogP contribution in [0.5, 0.6) is 0 Å². The van der Waals surface area contributed by atoms with Crippen molar-refractivity contribution in [2.45, 2.75) is 188 Å². The van der Waals surface area contributed by atoms with E-state index in [4.69, 9.17) is 14.2 Å². The average molecular weight is 681 g/mol. The Morgan fingerprint density at radius 3 is 0.896 bits per heavy atom. The lowest BCUT2D eigenvalue weighted by atomic mass is 9.68. The van der Waals surface area contributed by atoms with Gasteiger partial charge in [0, 0.05) is 0 Å². The van der Waals surface area contributed by atoms with E-state index < -0.39 is 47.5 Å². The van der Waals surface area contributed by atoms with Crippen molar-refractivity contribution < 1.29 is 38.5 Å². The van der Waals surface area contributed by atoms with Gasteiger partial charge in [0.1, 0.15) is 0 Å². The van der Waals surface area contributed by atoms with Gasteiger partial charge in [-0.2, -0.15) is 0 Å². The van der Waals surface area contributed by atoms with E-state index in [1.165, 1.54) is 89.9 Å². The highest BCUT2D eigenvalue weighted by molar-refractivity contribution is 5.87. The van der Waals surface area contributed by atoms with E-state index in [9.17, 15) is 24.3 Å². The molecule has 4 atom stereocenters. The Balaban J connectivity index is 2.72. The second kappa shape index (κ2) is 29.8. The SMILES string of the molecule is CCCCCCCCCCOC(=O)C1CC(C(=O)OCCCCCCCCCC)C(C(=O)OCCCCCCCCCC)CC1C(=O)O. The second-order valence-corrected chi connectivity index (χ2v) is 14.2. The van der Waals surface area contributed by atoms with Gasteiger partial charge in [0.15, 0.2) is 0 Å². The molecule has 1 aliphatic rings. The summed E-state index contributed by atoms with van der Waals surface area (Å²) >= 11 is 0. The zero-order valence-electron chi connectivity index (χ0n) is 31.1. The normalized spacial score (nSPS) is 19.1. The molecule has 1 N–H and O–H groups in total. The average Bonchev–Trinajstić information content (AvgIpc) is 3.08. The molecular formula is C40H72O8. The highest BCUT2D eigenvalue weighted by Crippen LogP contribution is 2.40. The van der Waals surface area contributed by atoms with Crippen LogP contribution >= 0.6 is 0 Å². The summed E-state index contributed by atoms with van der Waals surface area (Å²) in [6.45, 7) is 7.32. The van der Waals surface area contributed by atoms with Crippen molar-refractivity contribution in [2.24, 2.45) is 23.7 Å². The van der Waals surface area contributed by atoms with Gasteiger partial charge in [0.25, 0.3) is 0 Å². The molecule has 280 valence electrons. The third-order valence-corrected chi connectivity index (χ3v) is 9.94. The van der Waals surface area contributed by atoms with Gasteiger partial charge in [0.05, 0.1) is 43.5 Å². The number of unbranched alkanes of at least 4 members (excludes halogenated alkanes) is 21. The van der Waals surface area contributed by atoms with Crippen molar-refractivity contribution in [2.75, 3.05) is 19.8 Å². The van der Waals surface area contributed by atoms with E-state index in [-0.39, 0.29) is 32.7 Å². The standard InChI is InChI=1S/C40H72O8/c1-4-7-10-13-16-19-22-25-28-46-38(43)34-32-36(40(45)48-30-27-24-21-18-15-12-9-6-3)35(31-33(34)37(41)42)39(44)47-29-26-23-20-17-14-11-8-5-2/h33-36H,4-32H2,1-3H3,(H,41,42). The zero-order chi connectivity index (χ0) is 35.2. The minimum Gasteiger partial charge on any atom is -0.481 e. The molecule has 8 heteroatoms. The van der Waals surface area contributed by atoms with Crippen molar-refractivity contribution in [3.8, 4) is 0 Å². The highest BCUT2D eigenvalue weighted by atomic mass is 16.5. The Hall–Kier alpha value is -2.12. The number of rotatable bonds is 31. The van der Waals surface area contributed by atoms with Gasteiger partial charge in [0.2, 0.25) is 0 Å². The third-order valence-electron chi connectivity index (χ3n) is 9.94. The Morgan fingerprint density at radius 2 is 0.625 bits per heavy atom. The third kappa shape index (κ3) is 20.4. The first-order valence-electron chi connectivity index (χ1n) is 20.1. The van der Waals surface area contributed by atoms with Crippen LogP contribution in [0.1, 0.15) is 188 Å². The lowest BCUT2D eigenvalue weighted by Crippen LogP contribution is -2.46. The second-order valence-electron chi connectivity index (χ2n) is 14.2. The van der Waals surface area contributed by atoms with E-state index in [1.54, 1.807) is 0 Å². The molecule has 0 radical (unpaired) electrons. The van der Waals surface area contributed by atoms with Crippen molar-refractivity contribution >= 4 is 23.9 Å². The van der Waals surface area contributed by atoms with Crippen molar-refractivity contribution in [1.82, 2.24) is 0 Å². The summed E-state index contributed by atoms with van der Waals surface area (Å²) < 4.78 is 16.8. The van der Waals surface area contributed by atoms with Crippen LogP contribution in [0.25, 0.3) is 0 Å². The topological polar surface area (TPSA) is 116 Å². The Labute approximate surface area is 293 Å². The van der Waals surface area contributed by atoms with Gasteiger partial charge < -0.3 is 19.3 Å². The van der Waals surface area contributed by atoms with E-state index in [0.717, 1.165) is 64.2 Å². The zero-order valence-corrected chi connectivity index (χ0v) is 31.1. The first-order valence-corrected chi connectivity index (χ1v) is 20.1. The number of carboxylic acids is 1. The number of ether oxygens (including phenoxy) is 3. The molecule has 8 nitrogen and oxygen atoms in total. The molecule has 0 aromatic heterocycles. The number of carbonyl (C=O) groups excluding carboxylic acids is 3. The highest BCUT2D eigenvalue weighted by Gasteiger charge is 2.50. The molecule has 0 aromatic carbocycles. The van der Waals surface area contributed by atoms with Crippen LogP contribution in [-0.2, 0) is 33.4 Å². The van der Waals surface area contributed by atoms with Crippen LogP contribution < -0.4 is 0 Å². The van der Waals surface area contributed by atoms with E-state index in [1.807, 2.05) is 0 Å². The van der Waals surface area contributed by atoms with E-state index >= 15 is 0 Å². The number of esters is 3. The van der Waals surface area contributed by atoms with Crippen molar-refractivity contribution in [3.63, 3.8) is 0 Å². The molecule has 0 bridgehead atoms. The molecule has 1 aliphatic carbocycles. The lowest BCUT2D eigenvalue weighted by molar-refractivity contribution is -0.174. The molecule has 4 unspecified atom stereocenters. The Bertz CT molecular complexity index is 843. The smallest absolute Gasteiger partial charge is 0.309 e. The number of carbonyl (C=O) groups is 4. The molecule has 0 saturated heterocycles. The number of hydrogen-bond acceptors (Lipinski definition) is 7. The summed E-state index contributed by atoms with van der Waals surface area (Å²) in [6.07, 6.45) is 26.4. The monoisotopic (exact) mass is 681 g/mol. The van der Waals surface area contributed by atoms with Crippen LogP contribution in [0.4, 0.5) is 0 Å². The molecule has 0 heterocycles. The van der Waals surface area contributed by atoms with Crippen LogP contribution in [0, 0.1) is 23.7 Å². The van der Waals surface area contributed by atoms with Gasteiger partial charge in [-0.05, 0) is 32.1 Å². The molecule has 0 aliphatic heterocycles. The van der Waals surface area contributed by atoms with Crippen LogP contribution in [0.15, 0.2) is 0 Å². The fourth-order valence-electron chi connectivity index (χ4n) is 6.81. The largest absolute Gasteiger partial charge is 0.481 e. The van der Waals surface area contributed by atoms with Gasteiger partial charge in [-0.15, -0.1) is 0 Å². The predicted molar refractivity (Wildman–Crippen MR) is 192 cm³/mol. The summed E-state index contributed by atoms with van der Waals surface area (Å²) in [6, 6.07) is 0. The summed E-state index contributed by atoms with van der Waals surface area (Å²) in [5.74, 6) is -6.87. The predicted octanol–water partition coefficient (Wildman–Crippen LogP) is 10.4. The summed E-state index contributed by atoms with van der Waals surface area (Å²) in [5, 5.41) is 10.1. The van der Waals surface area contributed by atoms with Gasteiger partial charge >= 0.3 is 23.9 Å². The van der Waals surface area contributed by atoms with Crippen molar-refractivity contribution in [3.05, 3.63) is 0 Å². The molecule has 0 aromatic rings. The Kier molecular flexibility index (Phi) is 27.2. The Morgan fingerprint density at radius 1 is 0.396 bits per heavy atom. The maximum absolute atomic E-state index is 13.4. The summed E-state index contributed by atoms with van der Waals surface area (Å²) in [5.41, 5.74) is 0. The maximum atomic E-state index is 13.4. The van der Waals surface area contributed by atoms with Gasteiger partial charge in [-0.25, -0.2) is 0 Å². The molecule has 48 heavy (non-hydrogen) atoms. The number of carboxylic acid groups (broad SMARTS) is 1. The molecule has 0 amide bonds. The summed E-state index contributed by atoms with van der Waals surface area (Å²) in [7, 11) is 0. The van der Waals surface area contributed by atoms with Gasteiger partial charge in [-0.1, -0.05) is 156 Å². The van der Waals surface area contributed by atoms with Crippen LogP contribution in [0.2, 0.25) is 0 Å². The quantitative estimate of drug-likeness (QED) is 0.0437. The molecule has 1 fully saturated rings. The molecular weight excluding hydrogens is 608 g/mol. The first-order chi connectivity index (χ1) is 23.4. The van der Waals surface area contributed by atoms with E-state index in [0.29, 0.717) is 0 Å². The van der Waals surface area contributed by atoms with Crippen LogP contribution in [0.3, 0.4) is 0 Å². The van der Waals surface area contributed by atoms with Gasteiger partial charge in [-0.3, -0.25) is 19.2 Å².